The van der Waals surface area contributed by atoms with Gasteiger partial charge in [0.05, 0.1) is 0 Å². The van der Waals surface area contributed by atoms with Gasteiger partial charge in [-0.15, -0.1) is 10.2 Å². The van der Waals surface area contributed by atoms with Crippen LogP contribution in [-0.4, -0.2) is 19.8 Å². The maximum absolute atomic E-state index is 4.67. The lowest BCUT2D eigenvalue weighted by molar-refractivity contribution is 0.970. The van der Waals surface area contributed by atoms with Crippen LogP contribution in [-0.2, 0) is 0 Å². The van der Waals surface area contributed by atoms with Gasteiger partial charge in [0.1, 0.15) is 5.01 Å². The molecule has 0 saturated carbocycles. The smallest absolute Gasteiger partial charge is 0.182 e. The second-order valence-electron chi connectivity index (χ2n) is 5.00. The molecule has 2 aromatic heterocycles. The molecule has 0 amide bonds. The van der Waals surface area contributed by atoms with E-state index in [-0.39, 0.29) is 0 Å². The lowest BCUT2D eigenvalue weighted by atomic mass is 10.1. The molecule has 0 radical (unpaired) electrons. The number of nitrogens with zero attached hydrogens (tertiary/aromatic N) is 4. The Labute approximate surface area is 139 Å². The summed E-state index contributed by atoms with van der Waals surface area (Å²) in [5.41, 5.74) is 3.32. The van der Waals surface area contributed by atoms with Crippen LogP contribution in [0.4, 0.5) is 0 Å². The van der Waals surface area contributed by atoms with Gasteiger partial charge in [0.15, 0.2) is 5.82 Å². The van der Waals surface area contributed by atoms with Crippen molar-refractivity contribution in [3.05, 3.63) is 58.6 Å². The largest absolute Gasteiger partial charge is 0.235 e. The highest BCUT2D eigenvalue weighted by molar-refractivity contribution is 9.10. The van der Waals surface area contributed by atoms with E-state index in [0.717, 1.165) is 31.4 Å². The van der Waals surface area contributed by atoms with Gasteiger partial charge >= 0.3 is 0 Å². The van der Waals surface area contributed by atoms with Gasteiger partial charge in [-0.05, 0) is 19.1 Å². The van der Waals surface area contributed by atoms with Gasteiger partial charge in [-0.25, -0.2) is 0 Å². The maximum Gasteiger partial charge on any atom is 0.235 e. The third kappa shape index (κ3) is 2.34. The fourth-order valence-electron chi connectivity index (χ4n) is 2.21. The van der Waals surface area contributed by atoms with Crippen LogP contribution < -0.4 is 0 Å². The highest BCUT2D eigenvalue weighted by Crippen LogP contribution is 2.28. The van der Waals surface area contributed by atoms with E-state index in [4.69, 9.17) is 0 Å². The summed E-state index contributed by atoms with van der Waals surface area (Å²) in [5.74, 6) is 0.773. The Morgan fingerprint density at radius 3 is 2.32 bits per heavy atom. The van der Waals surface area contributed by atoms with Crippen LogP contribution in [0.1, 0.15) is 5.56 Å². The average Bonchev–Trinajstić information content (AvgIpc) is 3.09. The van der Waals surface area contributed by atoms with Gasteiger partial charge in [0.25, 0.3) is 0 Å². The van der Waals surface area contributed by atoms with E-state index in [9.17, 15) is 0 Å². The molecule has 6 heteroatoms. The van der Waals surface area contributed by atoms with E-state index < -0.39 is 0 Å². The molecule has 0 aliphatic heterocycles. The Morgan fingerprint density at radius 1 is 0.909 bits per heavy atom. The monoisotopic (exact) mass is 370 g/mol. The van der Waals surface area contributed by atoms with E-state index in [1.165, 1.54) is 16.9 Å². The topological polar surface area (TPSA) is 43.1 Å². The van der Waals surface area contributed by atoms with Crippen molar-refractivity contribution in [1.82, 2.24) is 19.8 Å². The molecule has 4 rings (SSSR count). The van der Waals surface area contributed by atoms with Crippen molar-refractivity contribution in [3.8, 4) is 22.0 Å². The molecular weight excluding hydrogens is 360 g/mol. The van der Waals surface area contributed by atoms with E-state index in [0.29, 0.717) is 0 Å². The van der Waals surface area contributed by atoms with Crippen molar-refractivity contribution in [2.75, 3.05) is 0 Å². The summed E-state index contributed by atoms with van der Waals surface area (Å²) in [6.07, 6.45) is 0. The Bertz CT molecular complexity index is 939. The van der Waals surface area contributed by atoms with E-state index in [1.54, 1.807) is 0 Å². The minimum Gasteiger partial charge on any atom is -0.182 e. The van der Waals surface area contributed by atoms with Crippen LogP contribution in [0, 0.1) is 6.92 Å². The highest BCUT2D eigenvalue weighted by atomic mass is 79.9. The number of hydrogen-bond acceptors (Lipinski definition) is 4. The summed E-state index contributed by atoms with van der Waals surface area (Å²) in [5, 5.41) is 14.1. The SMILES string of the molecule is Cc1ccc(-c2nnc3sc(-c4ccc(Br)cc4)nn23)cc1. The first-order chi connectivity index (χ1) is 10.7. The van der Waals surface area contributed by atoms with Gasteiger partial charge in [0.2, 0.25) is 4.96 Å². The molecule has 22 heavy (non-hydrogen) atoms. The van der Waals surface area contributed by atoms with Gasteiger partial charge in [-0.3, -0.25) is 0 Å². The summed E-state index contributed by atoms with van der Waals surface area (Å²) in [6.45, 7) is 2.07. The number of fused-ring (bicyclic) bond motifs is 1. The van der Waals surface area contributed by atoms with Crippen LogP contribution in [0.25, 0.3) is 26.9 Å². The minimum atomic E-state index is 0.773. The molecule has 0 bridgehead atoms. The van der Waals surface area contributed by atoms with Gasteiger partial charge in [-0.1, -0.05) is 69.2 Å². The fraction of sp³-hybridized carbons (Fsp3) is 0.0625. The molecule has 0 fully saturated rings. The van der Waals surface area contributed by atoms with E-state index in [1.807, 2.05) is 40.9 Å². The van der Waals surface area contributed by atoms with Crippen molar-refractivity contribution in [3.63, 3.8) is 0 Å². The first-order valence-corrected chi connectivity index (χ1v) is 8.37. The van der Waals surface area contributed by atoms with Gasteiger partial charge in [-0.2, -0.15) is 9.61 Å². The highest BCUT2D eigenvalue weighted by Gasteiger charge is 2.14. The fourth-order valence-corrected chi connectivity index (χ4v) is 3.32. The standard InChI is InChI=1S/C16H11BrN4S/c1-10-2-4-11(5-3-10)14-18-19-16-21(14)20-15(22-16)12-6-8-13(17)9-7-12/h2-9H,1H3. The molecule has 0 aliphatic rings. The second-order valence-corrected chi connectivity index (χ2v) is 6.87. The summed E-state index contributed by atoms with van der Waals surface area (Å²) < 4.78 is 2.87. The molecule has 0 saturated heterocycles. The predicted molar refractivity (Wildman–Crippen MR) is 92.0 cm³/mol. The number of benzene rings is 2. The van der Waals surface area contributed by atoms with Crippen molar-refractivity contribution in [1.29, 1.82) is 0 Å². The summed E-state index contributed by atoms with van der Waals surface area (Å²) in [6, 6.07) is 16.3. The third-order valence-corrected chi connectivity index (χ3v) is 4.87. The zero-order valence-electron chi connectivity index (χ0n) is 11.7. The minimum absolute atomic E-state index is 0.773. The summed E-state index contributed by atoms with van der Waals surface area (Å²) in [7, 11) is 0. The molecule has 0 aliphatic carbocycles. The van der Waals surface area contributed by atoms with Gasteiger partial charge < -0.3 is 0 Å². The molecule has 0 N–H and O–H groups in total. The first-order valence-electron chi connectivity index (χ1n) is 6.76. The van der Waals surface area contributed by atoms with Crippen molar-refractivity contribution in [2.24, 2.45) is 0 Å². The van der Waals surface area contributed by atoms with Crippen LogP contribution in [0.15, 0.2) is 53.0 Å². The lowest BCUT2D eigenvalue weighted by Gasteiger charge is -1.98. The van der Waals surface area contributed by atoms with Crippen LogP contribution in [0.5, 0.6) is 0 Å². The molecule has 2 aromatic carbocycles. The number of halogens is 1. The normalized spacial score (nSPS) is 11.2. The van der Waals surface area contributed by atoms with E-state index >= 15 is 0 Å². The number of hydrogen-bond donors (Lipinski definition) is 0. The molecule has 108 valence electrons. The zero-order valence-corrected chi connectivity index (χ0v) is 14.1. The summed E-state index contributed by atoms with van der Waals surface area (Å²) >= 11 is 4.99. The number of rotatable bonds is 2. The first kappa shape index (κ1) is 13.6. The van der Waals surface area contributed by atoms with E-state index in [2.05, 4.69) is 50.3 Å². The molecule has 0 spiro atoms. The Kier molecular flexibility index (Phi) is 3.28. The number of aromatic nitrogens is 4. The molecule has 2 heterocycles. The molecule has 0 unspecified atom stereocenters. The molecular formula is C16H11BrN4S. The molecule has 4 aromatic rings. The Morgan fingerprint density at radius 2 is 1.59 bits per heavy atom. The van der Waals surface area contributed by atoms with Crippen molar-refractivity contribution >= 4 is 32.2 Å². The van der Waals surface area contributed by atoms with Crippen molar-refractivity contribution < 1.29 is 0 Å². The third-order valence-electron chi connectivity index (χ3n) is 3.39. The number of aryl methyl sites for hydroxylation is 1. The van der Waals surface area contributed by atoms with Crippen LogP contribution >= 0.6 is 27.3 Å². The van der Waals surface area contributed by atoms with Crippen molar-refractivity contribution in [2.45, 2.75) is 6.92 Å². The van der Waals surface area contributed by atoms with Crippen LogP contribution in [0.3, 0.4) is 0 Å². The maximum atomic E-state index is 4.67. The Balaban J connectivity index is 1.82. The van der Waals surface area contributed by atoms with Gasteiger partial charge in [0, 0.05) is 15.6 Å². The zero-order chi connectivity index (χ0) is 15.1. The second kappa shape index (κ2) is 5.30. The predicted octanol–water partition coefficient (Wildman–Crippen LogP) is 4.59. The Hall–Kier alpha value is -2.05. The average molecular weight is 371 g/mol. The van der Waals surface area contributed by atoms with Crippen LogP contribution in [0.2, 0.25) is 0 Å². The quantitative estimate of drug-likeness (QED) is 0.518. The molecule has 0 atom stereocenters. The molecule has 4 nitrogen and oxygen atoms in total. The summed E-state index contributed by atoms with van der Waals surface area (Å²) in [4.78, 5) is 0.800. The lowest BCUT2D eigenvalue weighted by Crippen LogP contribution is -1.91.